The smallest absolute Gasteiger partial charge is 0.289 e. The third-order valence-electron chi connectivity index (χ3n) is 4.35. The van der Waals surface area contributed by atoms with Crippen LogP contribution in [0.4, 0.5) is 11.4 Å². The lowest BCUT2D eigenvalue weighted by Crippen LogP contribution is -2.15. The first-order chi connectivity index (χ1) is 14.5. The fourth-order valence-corrected chi connectivity index (χ4v) is 3.89. The first kappa shape index (κ1) is 21.8. The number of aromatic nitrogens is 3. The van der Waals surface area contributed by atoms with Crippen LogP contribution in [0.3, 0.4) is 0 Å². The van der Waals surface area contributed by atoms with E-state index in [4.69, 9.17) is 11.6 Å². The maximum Gasteiger partial charge on any atom is 0.289 e. The van der Waals surface area contributed by atoms with Crippen LogP contribution in [0.5, 0.6) is 0 Å². The quantitative estimate of drug-likeness (QED) is 0.298. The molecule has 0 saturated carbocycles. The van der Waals surface area contributed by atoms with Crippen molar-refractivity contribution in [1.29, 1.82) is 0 Å². The number of aryl methyl sites for hydroxylation is 2. The molecule has 10 heteroatoms. The van der Waals surface area contributed by atoms with Crippen LogP contribution in [0, 0.1) is 10.1 Å². The molecule has 0 bridgehead atoms. The van der Waals surface area contributed by atoms with Gasteiger partial charge >= 0.3 is 0 Å². The summed E-state index contributed by atoms with van der Waals surface area (Å²) in [6.45, 7) is 2.71. The van der Waals surface area contributed by atoms with Gasteiger partial charge in [-0.05, 0) is 31.0 Å². The van der Waals surface area contributed by atoms with Gasteiger partial charge in [-0.3, -0.25) is 14.9 Å². The van der Waals surface area contributed by atoms with Gasteiger partial charge in [-0.2, -0.15) is 0 Å². The van der Waals surface area contributed by atoms with Crippen LogP contribution < -0.4 is 5.32 Å². The fourth-order valence-electron chi connectivity index (χ4n) is 2.89. The molecule has 1 aromatic heterocycles. The summed E-state index contributed by atoms with van der Waals surface area (Å²) in [7, 11) is 0. The number of anilines is 1. The monoisotopic (exact) mass is 445 g/mol. The van der Waals surface area contributed by atoms with Crippen LogP contribution in [0.2, 0.25) is 5.02 Å². The van der Waals surface area contributed by atoms with E-state index < -0.39 is 4.92 Å². The number of amides is 1. The number of thioether (sulfide) groups is 1. The van der Waals surface area contributed by atoms with Crippen LogP contribution >= 0.6 is 23.4 Å². The summed E-state index contributed by atoms with van der Waals surface area (Å²) in [4.78, 5) is 22.7. The number of halogens is 1. The Labute approximate surface area is 182 Å². The Hall–Kier alpha value is -2.91. The van der Waals surface area contributed by atoms with Crippen LogP contribution in [0.15, 0.2) is 53.7 Å². The van der Waals surface area contributed by atoms with Gasteiger partial charge in [0, 0.05) is 24.7 Å². The number of hydrogen-bond acceptors (Lipinski definition) is 6. The molecule has 156 valence electrons. The molecular formula is C20H20ClN5O3S. The van der Waals surface area contributed by atoms with Crippen LogP contribution in [0.1, 0.15) is 18.3 Å². The number of rotatable bonds is 9. The standard InChI is InChI=1S/C20H20ClN5O3S/c1-2-25-18(11-8-14-6-4-3-5-7-14)23-24-20(25)30-13-19(27)22-15-9-10-16(21)17(12-15)26(28)29/h3-7,9-10,12H,2,8,11,13H2,1H3,(H,22,27). The number of hydrogen-bond donors (Lipinski definition) is 1. The molecule has 1 N–H and O–H groups in total. The van der Waals surface area contributed by atoms with Crippen molar-refractivity contribution in [3.8, 4) is 0 Å². The number of carbonyl (C=O) groups excluding carboxylic acids is 1. The van der Waals surface area contributed by atoms with Gasteiger partial charge in [0.25, 0.3) is 5.69 Å². The third kappa shape index (κ3) is 5.58. The summed E-state index contributed by atoms with van der Waals surface area (Å²) < 4.78 is 1.99. The van der Waals surface area contributed by atoms with E-state index in [9.17, 15) is 14.9 Å². The van der Waals surface area contributed by atoms with Crippen LogP contribution in [0.25, 0.3) is 0 Å². The molecule has 1 heterocycles. The van der Waals surface area contributed by atoms with Gasteiger partial charge in [-0.25, -0.2) is 0 Å². The Morgan fingerprint density at radius 2 is 1.97 bits per heavy atom. The molecule has 1 amide bonds. The van der Waals surface area contributed by atoms with Crippen molar-refractivity contribution in [3.05, 3.63) is 75.1 Å². The maximum absolute atomic E-state index is 12.3. The summed E-state index contributed by atoms with van der Waals surface area (Å²) in [6, 6.07) is 14.3. The molecule has 0 atom stereocenters. The predicted octanol–water partition coefficient (Wildman–Crippen LogP) is 4.38. The van der Waals surface area contributed by atoms with E-state index in [2.05, 4.69) is 27.6 Å². The second-order valence-corrected chi connectivity index (χ2v) is 7.74. The Kier molecular flexibility index (Phi) is 7.42. The average molecular weight is 446 g/mol. The second kappa shape index (κ2) is 10.2. The van der Waals surface area contributed by atoms with Gasteiger partial charge in [0.05, 0.1) is 10.7 Å². The van der Waals surface area contributed by atoms with E-state index in [1.54, 1.807) is 0 Å². The number of nitro groups is 1. The molecule has 0 aliphatic heterocycles. The first-order valence-corrected chi connectivity index (χ1v) is 10.7. The van der Waals surface area contributed by atoms with E-state index in [0.29, 0.717) is 17.4 Å². The maximum atomic E-state index is 12.3. The Morgan fingerprint density at radius 3 is 2.67 bits per heavy atom. The average Bonchev–Trinajstić information content (AvgIpc) is 3.14. The lowest BCUT2D eigenvalue weighted by molar-refractivity contribution is -0.384. The minimum atomic E-state index is -0.590. The highest BCUT2D eigenvalue weighted by atomic mass is 35.5. The van der Waals surface area contributed by atoms with Crippen molar-refractivity contribution < 1.29 is 9.72 Å². The summed E-state index contributed by atoms with van der Waals surface area (Å²) in [5.41, 5.74) is 1.29. The highest BCUT2D eigenvalue weighted by Crippen LogP contribution is 2.27. The highest BCUT2D eigenvalue weighted by Gasteiger charge is 2.16. The number of carbonyl (C=O) groups is 1. The molecule has 0 radical (unpaired) electrons. The molecule has 3 rings (SSSR count). The van der Waals surface area contributed by atoms with Crippen LogP contribution in [-0.2, 0) is 24.2 Å². The van der Waals surface area contributed by atoms with Gasteiger partial charge in [0.2, 0.25) is 5.91 Å². The molecule has 8 nitrogen and oxygen atoms in total. The van der Waals surface area contributed by atoms with Gasteiger partial charge < -0.3 is 9.88 Å². The van der Waals surface area contributed by atoms with E-state index in [0.717, 1.165) is 18.7 Å². The van der Waals surface area contributed by atoms with Gasteiger partial charge in [0.15, 0.2) is 5.16 Å². The number of nitrogens with one attached hydrogen (secondary N) is 1. The minimum absolute atomic E-state index is 0.0199. The van der Waals surface area contributed by atoms with Crippen LogP contribution in [-0.4, -0.2) is 31.3 Å². The molecule has 0 fully saturated rings. The first-order valence-electron chi connectivity index (χ1n) is 9.30. The summed E-state index contributed by atoms with van der Waals surface area (Å²) in [5, 5.41) is 22.8. The Balaban J connectivity index is 1.59. The largest absolute Gasteiger partial charge is 0.325 e. The lowest BCUT2D eigenvalue weighted by Gasteiger charge is -2.08. The third-order valence-corrected chi connectivity index (χ3v) is 5.64. The molecule has 0 unspecified atom stereocenters. The highest BCUT2D eigenvalue weighted by molar-refractivity contribution is 7.99. The van der Waals surface area contributed by atoms with Crippen molar-refractivity contribution in [1.82, 2.24) is 14.8 Å². The zero-order valence-corrected chi connectivity index (χ0v) is 17.8. The molecule has 3 aromatic rings. The van der Waals surface area contributed by atoms with Crippen molar-refractivity contribution in [2.45, 2.75) is 31.5 Å². The van der Waals surface area contributed by atoms with Crippen molar-refractivity contribution >= 4 is 40.6 Å². The summed E-state index contributed by atoms with van der Waals surface area (Å²) in [5.74, 6) is 0.679. The Morgan fingerprint density at radius 1 is 1.20 bits per heavy atom. The Bertz CT molecular complexity index is 1040. The predicted molar refractivity (Wildman–Crippen MR) is 117 cm³/mol. The van der Waals surface area contributed by atoms with Gasteiger partial charge in [0.1, 0.15) is 10.8 Å². The van der Waals surface area contributed by atoms with Crippen molar-refractivity contribution in [3.63, 3.8) is 0 Å². The number of nitrogens with zero attached hydrogens (tertiary/aromatic N) is 4. The molecule has 0 spiro atoms. The molecule has 0 aliphatic rings. The SMILES string of the molecule is CCn1c(CCc2ccccc2)nnc1SCC(=O)Nc1ccc(Cl)c([N+](=O)[O-])c1. The van der Waals surface area contributed by atoms with E-state index in [1.807, 2.05) is 29.7 Å². The normalized spacial score (nSPS) is 10.7. The fraction of sp³-hybridized carbons (Fsp3) is 0.250. The zero-order valence-electron chi connectivity index (χ0n) is 16.2. The van der Waals surface area contributed by atoms with E-state index in [-0.39, 0.29) is 22.4 Å². The lowest BCUT2D eigenvalue weighted by atomic mass is 10.1. The van der Waals surface area contributed by atoms with Crippen molar-refractivity contribution in [2.24, 2.45) is 0 Å². The topological polar surface area (TPSA) is 103 Å². The van der Waals surface area contributed by atoms with Crippen molar-refractivity contribution in [2.75, 3.05) is 11.1 Å². The summed E-state index contributed by atoms with van der Waals surface area (Å²) in [6.07, 6.45) is 1.62. The van der Waals surface area contributed by atoms with Gasteiger partial charge in [-0.1, -0.05) is 53.7 Å². The van der Waals surface area contributed by atoms with E-state index >= 15 is 0 Å². The molecular weight excluding hydrogens is 426 g/mol. The zero-order chi connectivity index (χ0) is 21.5. The molecule has 0 aliphatic carbocycles. The summed E-state index contributed by atoms with van der Waals surface area (Å²) >= 11 is 7.07. The minimum Gasteiger partial charge on any atom is -0.325 e. The number of benzene rings is 2. The second-order valence-electron chi connectivity index (χ2n) is 6.39. The molecule has 0 saturated heterocycles. The molecule has 30 heavy (non-hydrogen) atoms. The molecule has 2 aromatic carbocycles. The number of nitro benzene ring substituents is 1. The van der Waals surface area contributed by atoms with Gasteiger partial charge in [-0.15, -0.1) is 10.2 Å². The van der Waals surface area contributed by atoms with E-state index in [1.165, 1.54) is 35.5 Å².